The number of hydrogen-bond acceptors (Lipinski definition) is 6. The van der Waals surface area contributed by atoms with Crippen LogP contribution >= 0.6 is 0 Å². The maximum atomic E-state index is 12.9. The first-order chi connectivity index (χ1) is 39.5. The quantitative estimate of drug-likeness (QED) is 0.0261. The molecule has 0 N–H and O–H groups in total. The van der Waals surface area contributed by atoms with Crippen molar-refractivity contribution in [1.29, 1.82) is 0 Å². The predicted octanol–water partition coefficient (Wildman–Crippen LogP) is 23.4. The first-order valence-corrected chi connectivity index (χ1v) is 33.9. The molecule has 0 radical (unpaired) electrons. The van der Waals surface area contributed by atoms with Crippen LogP contribution in [0.25, 0.3) is 0 Å². The molecular weight excluding hydrogens is 985 g/mol. The Labute approximate surface area is 495 Å². The van der Waals surface area contributed by atoms with Crippen molar-refractivity contribution in [2.24, 2.45) is 0 Å². The third kappa shape index (κ3) is 64.9. The van der Waals surface area contributed by atoms with Gasteiger partial charge in [-0.05, 0) is 128 Å². The van der Waals surface area contributed by atoms with E-state index in [1.807, 2.05) is 0 Å². The van der Waals surface area contributed by atoms with Gasteiger partial charge in [-0.15, -0.1) is 0 Å². The minimum absolute atomic E-state index is 0.0979. The van der Waals surface area contributed by atoms with E-state index < -0.39 is 6.10 Å². The van der Waals surface area contributed by atoms with Crippen molar-refractivity contribution in [3.63, 3.8) is 0 Å². The molecule has 0 bridgehead atoms. The zero-order valence-electron chi connectivity index (χ0n) is 52.6. The largest absolute Gasteiger partial charge is 0.462 e. The third-order valence-corrected chi connectivity index (χ3v) is 14.5. The number of carbonyl (C=O) groups excluding carboxylic acids is 3. The zero-order valence-corrected chi connectivity index (χ0v) is 52.6. The number of unbranched alkanes of at least 4 members (excludes halogenated alkanes) is 32. The summed E-state index contributed by atoms with van der Waals surface area (Å²) in [4.78, 5) is 38.4. The molecule has 6 heteroatoms. The average molecular weight is 1110 g/mol. The molecule has 0 rings (SSSR count). The van der Waals surface area contributed by atoms with Crippen molar-refractivity contribution in [2.75, 3.05) is 13.2 Å². The van der Waals surface area contributed by atoms with Crippen molar-refractivity contribution in [3.05, 3.63) is 109 Å². The van der Waals surface area contributed by atoms with E-state index in [0.29, 0.717) is 19.3 Å². The van der Waals surface area contributed by atoms with Crippen LogP contribution in [-0.4, -0.2) is 37.2 Å². The minimum atomic E-state index is -0.807. The Morgan fingerprint density at radius 3 is 0.800 bits per heavy atom. The smallest absolute Gasteiger partial charge is 0.306 e. The number of allylic oxidation sites excluding steroid dienone is 18. The highest BCUT2D eigenvalue weighted by molar-refractivity contribution is 5.71. The summed E-state index contributed by atoms with van der Waals surface area (Å²) >= 11 is 0. The Hall–Kier alpha value is -3.93. The minimum Gasteiger partial charge on any atom is -0.462 e. The Balaban J connectivity index is 4.37. The molecule has 458 valence electrons. The summed E-state index contributed by atoms with van der Waals surface area (Å²) in [5, 5.41) is 0. The lowest BCUT2D eigenvalue weighted by atomic mass is 10.0. The first-order valence-electron chi connectivity index (χ1n) is 33.9. The molecule has 1 unspecified atom stereocenters. The second-order valence-corrected chi connectivity index (χ2v) is 22.3. The molecule has 0 fully saturated rings. The normalized spacial score (nSPS) is 12.8. The summed E-state index contributed by atoms with van der Waals surface area (Å²) in [6, 6.07) is 0. The third-order valence-electron chi connectivity index (χ3n) is 14.5. The van der Waals surface area contributed by atoms with E-state index in [4.69, 9.17) is 14.2 Å². The van der Waals surface area contributed by atoms with Gasteiger partial charge in [0.05, 0.1) is 0 Å². The van der Waals surface area contributed by atoms with Crippen LogP contribution in [0.3, 0.4) is 0 Å². The van der Waals surface area contributed by atoms with Crippen molar-refractivity contribution in [2.45, 2.75) is 329 Å². The van der Waals surface area contributed by atoms with Crippen molar-refractivity contribution >= 4 is 17.9 Å². The van der Waals surface area contributed by atoms with Crippen LogP contribution in [0.2, 0.25) is 0 Å². The van der Waals surface area contributed by atoms with E-state index in [9.17, 15) is 14.4 Å². The molecule has 0 spiro atoms. The summed E-state index contributed by atoms with van der Waals surface area (Å²) in [7, 11) is 0. The van der Waals surface area contributed by atoms with E-state index in [1.54, 1.807) is 0 Å². The van der Waals surface area contributed by atoms with Crippen LogP contribution in [0.15, 0.2) is 109 Å². The van der Waals surface area contributed by atoms with Crippen LogP contribution in [0.1, 0.15) is 323 Å². The molecule has 0 aromatic rings. The molecule has 1 atom stereocenters. The van der Waals surface area contributed by atoms with Gasteiger partial charge in [0, 0.05) is 19.3 Å². The Bertz CT molecular complexity index is 1610. The van der Waals surface area contributed by atoms with E-state index in [1.165, 1.54) is 173 Å². The highest BCUT2D eigenvalue weighted by atomic mass is 16.6. The zero-order chi connectivity index (χ0) is 57.8. The standard InChI is InChI=1S/C74H126O6/c1-4-7-10-13-16-19-22-25-28-30-32-34-35-36-37-38-39-41-42-44-46-49-52-55-58-61-64-67-73(76)79-70-71(69-78-72(75)66-63-60-57-54-51-48-27-24-21-18-15-12-9-6-3)80-74(77)68-65-62-59-56-53-50-47-45-43-40-33-31-29-26-23-20-17-14-11-8-5-2/h8,11,17,20,22,24-27,29-30,32-33,40,45,47,53,56,71H,4-7,9-10,12-16,18-19,21,23,28,31,34-39,41-44,46,48-52,54-55,57-70H2,1-3H3/b11-8-,20-17-,25-22-,27-24-,29-26-,32-30-,40-33-,47-45-,56-53-. The van der Waals surface area contributed by atoms with Crippen molar-refractivity contribution in [1.82, 2.24) is 0 Å². The van der Waals surface area contributed by atoms with Gasteiger partial charge < -0.3 is 14.2 Å². The molecule has 6 nitrogen and oxygen atoms in total. The number of hydrogen-bond donors (Lipinski definition) is 0. The number of ether oxygens (including phenoxy) is 3. The highest BCUT2D eigenvalue weighted by Crippen LogP contribution is 2.16. The van der Waals surface area contributed by atoms with E-state index >= 15 is 0 Å². The van der Waals surface area contributed by atoms with Crippen LogP contribution < -0.4 is 0 Å². The van der Waals surface area contributed by atoms with Gasteiger partial charge in [0.25, 0.3) is 0 Å². The molecule has 0 heterocycles. The maximum absolute atomic E-state index is 12.9. The lowest BCUT2D eigenvalue weighted by Crippen LogP contribution is -2.30. The number of carbonyl (C=O) groups is 3. The molecule has 0 saturated carbocycles. The number of rotatable bonds is 61. The fraction of sp³-hybridized carbons (Fsp3) is 0.716. The van der Waals surface area contributed by atoms with Crippen molar-refractivity contribution in [3.8, 4) is 0 Å². The van der Waals surface area contributed by atoms with E-state index in [-0.39, 0.29) is 37.5 Å². The van der Waals surface area contributed by atoms with Gasteiger partial charge in [0.1, 0.15) is 13.2 Å². The molecule has 0 aromatic heterocycles. The molecule has 0 amide bonds. The van der Waals surface area contributed by atoms with Crippen LogP contribution in [0.4, 0.5) is 0 Å². The van der Waals surface area contributed by atoms with Crippen LogP contribution in [-0.2, 0) is 28.6 Å². The summed E-state index contributed by atoms with van der Waals surface area (Å²) in [5.41, 5.74) is 0. The van der Waals surface area contributed by atoms with Gasteiger partial charge >= 0.3 is 17.9 Å². The van der Waals surface area contributed by atoms with Crippen LogP contribution in [0.5, 0.6) is 0 Å². The fourth-order valence-corrected chi connectivity index (χ4v) is 9.41. The Morgan fingerprint density at radius 1 is 0.263 bits per heavy atom. The average Bonchev–Trinajstić information content (AvgIpc) is 3.46. The van der Waals surface area contributed by atoms with Gasteiger partial charge in [0.15, 0.2) is 6.10 Å². The topological polar surface area (TPSA) is 78.9 Å². The van der Waals surface area contributed by atoms with E-state index in [0.717, 1.165) is 103 Å². The molecule has 80 heavy (non-hydrogen) atoms. The molecular formula is C74H126O6. The first kappa shape index (κ1) is 76.1. The molecule has 0 aliphatic carbocycles. The molecule has 0 aliphatic rings. The monoisotopic (exact) mass is 1110 g/mol. The lowest BCUT2D eigenvalue weighted by Gasteiger charge is -2.18. The van der Waals surface area contributed by atoms with E-state index in [2.05, 4.69) is 130 Å². The fourth-order valence-electron chi connectivity index (χ4n) is 9.41. The Kier molecular flexibility index (Phi) is 64.3. The summed E-state index contributed by atoms with van der Waals surface area (Å²) in [6.07, 6.45) is 92.5. The number of esters is 3. The predicted molar refractivity (Wildman–Crippen MR) is 348 cm³/mol. The second-order valence-electron chi connectivity index (χ2n) is 22.3. The highest BCUT2D eigenvalue weighted by Gasteiger charge is 2.19. The van der Waals surface area contributed by atoms with Gasteiger partial charge in [-0.2, -0.15) is 0 Å². The Morgan fingerprint density at radius 2 is 0.487 bits per heavy atom. The summed E-state index contributed by atoms with van der Waals surface area (Å²) in [5.74, 6) is -0.941. The van der Waals surface area contributed by atoms with Gasteiger partial charge in [-0.1, -0.05) is 284 Å². The summed E-state index contributed by atoms with van der Waals surface area (Å²) in [6.45, 7) is 6.49. The molecule has 0 aromatic carbocycles. The second kappa shape index (κ2) is 67.6. The van der Waals surface area contributed by atoms with Gasteiger partial charge in [-0.25, -0.2) is 0 Å². The van der Waals surface area contributed by atoms with Crippen molar-refractivity contribution < 1.29 is 28.6 Å². The van der Waals surface area contributed by atoms with Gasteiger partial charge in [-0.3, -0.25) is 14.4 Å². The molecule has 0 aliphatic heterocycles. The van der Waals surface area contributed by atoms with Crippen LogP contribution in [0, 0.1) is 0 Å². The van der Waals surface area contributed by atoms with Gasteiger partial charge in [0.2, 0.25) is 0 Å². The SMILES string of the molecule is CC/C=C\C/C=C\C/C=C\C/C=C\C/C=C\C/C=C\CCCCC(=O)OC(COC(=O)CCCCCCC/C=C\CCCCCCC)COC(=O)CCCCCCCCCCCCCCCCC/C=C\C/C=C\CCCCCCC. The summed E-state index contributed by atoms with van der Waals surface area (Å²) < 4.78 is 16.9. The lowest BCUT2D eigenvalue weighted by molar-refractivity contribution is -0.167. The maximum Gasteiger partial charge on any atom is 0.306 e. The molecule has 0 saturated heterocycles.